The molecule has 0 aliphatic carbocycles. The van der Waals surface area contributed by atoms with Gasteiger partial charge in [0.15, 0.2) is 0 Å². The van der Waals surface area contributed by atoms with E-state index in [2.05, 4.69) is 11.8 Å². The lowest BCUT2D eigenvalue weighted by Gasteiger charge is -2.33. The second kappa shape index (κ2) is 5.80. The molecule has 1 fully saturated rings. The highest BCUT2D eigenvalue weighted by atomic mass is 32.2. The normalized spacial score (nSPS) is 26.7. The van der Waals surface area contributed by atoms with E-state index in [1.807, 2.05) is 0 Å². The van der Waals surface area contributed by atoms with E-state index in [0.717, 1.165) is 19.6 Å². The molecule has 0 bridgehead atoms. The van der Waals surface area contributed by atoms with Gasteiger partial charge in [-0.2, -0.15) is 0 Å². The first-order valence-corrected chi connectivity index (χ1v) is 6.24. The van der Waals surface area contributed by atoms with Crippen LogP contribution in [0.2, 0.25) is 0 Å². The summed E-state index contributed by atoms with van der Waals surface area (Å²) in [5, 5.41) is 0. The Morgan fingerprint density at radius 3 is 2.93 bits per heavy atom. The third-order valence-electron chi connectivity index (χ3n) is 2.83. The minimum atomic E-state index is -1.81. The molecule has 14 heavy (non-hydrogen) atoms. The molecule has 1 heterocycles. The maximum Gasteiger partial charge on any atom is 0.234 e. The smallest absolute Gasteiger partial charge is 0.234 e. The molecule has 1 aliphatic rings. The Hall–Kier alpha value is 0.0300. The molecular formula is C9H20N2O2S. The molecule has 5 heteroatoms. The topological polar surface area (TPSA) is 43.8 Å². The van der Waals surface area contributed by atoms with Crippen LogP contribution in [0.5, 0.6) is 0 Å². The Kier molecular flexibility index (Phi) is 5.01. The Balaban J connectivity index is 2.33. The summed E-state index contributed by atoms with van der Waals surface area (Å²) in [6.45, 7) is 6.22. The number of piperidine rings is 1. The number of likely N-dealkylation sites (tertiary alicyclic amines) is 1. The van der Waals surface area contributed by atoms with Crippen molar-refractivity contribution in [2.75, 3.05) is 33.2 Å². The van der Waals surface area contributed by atoms with Gasteiger partial charge in [-0.1, -0.05) is 6.92 Å². The molecule has 0 saturated carbocycles. The van der Waals surface area contributed by atoms with Crippen LogP contribution >= 0.6 is 0 Å². The zero-order valence-corrected chi connectivity index (χ0v) is 9.79. The molecule has 0 aromatic heterocycles. The zero-order chi connectivity index (χ0) is 10.6. The summed E-state index contributed by atoms with van der Waals surface area (Å²) in [5.41, 5.74) is 0. The Labute approximate surface area is 88.7 Å². The van der Waals surface area contributed by atoms with Gasteiger partial charge in [-0.25, -0.2) is 8.51 Å². The number of nitrogens with zero attached hydrogens (tertiary/aromatic N) is 2. The molecule has 2 atom stereocenters. The standard InChI is InChI=1S/C9H20N2O2S/c1-3-11-6-4-5-9(8-11)7-10(2)14(12)13/h9H,3-8H2,1-2H3,(H,12,13). The van der Waals surface area contributed by atoms with Crippen molar-refractivity contribution < 1.29 is 8.76 Å². The molecule has 2 unspecified atom stereocenters. The third kappa shape index (κ3) is 3.65. The fraction of sp³-hybridized carbons (Fsp3) is 1.00. The average molecular weight is 220 g/mol. The molecule has 84 valence electrons. The lowest BCUT2D eigenvalue weighted by molar-refractivity contribution is 0.168. The van der Waals surface area contributed by atoms with Crippen molar-refractivity contribution >= 4 is 11.3 Å². The van der Waals surface area contributed by atoms with Crippen LogP contribution in [0.25, 0.3) is 0 Å². The van der Waals surface area contributed by atoms with Gasteiger partial charge in [0, 0.05) is 20.1 Å². The molecule has 1 N–H and O–H groups in total. The van der Waals surface area contributed by atoms with Crippen LogP contribution in [0.1, 0.15) is 19.8 Å². The number of hydrogen-bond donors (Lipinski definition) is 1. The summed E-state index contributed by atoms with van der Waals surface area (Å²) >= 11 is -1.81. The molecule has 1 rings (SSSR count). The van der Waals surface area contributed by atoms with E-state index in [1.165, 1.54) is 23.7 Å². The summed E-state index contributed by atoms with van der Waals surface area (Å²) in [7, 11) is 1.70. The molecule has 1 aliphatic heterocycles. The Bertz CT molecular complexity index is 201. The van der Waals surface area contributed by atoms with E-state index in [0.29, 0.717) is 5.92 Å². The first-order valence-electron chi connectivity index (χ1n) is 5.18. The van der Waals surface area contributed by atoms with Crippen molar-refractivity contribution in [3.8, 4) is 0 Å². The molecule has 0 aromatic rings. The highest BCUT2D eigenvalue weighted by Gasteiger charge is 2.21. The largest absolute Gasteiger partial charge is 0.303 e. The summed E-state index contributed by atoms with van der Waals surface area (Å²) in [6.07, 6.45) is 2.39. The van der Waals surface area contributed by atoms with E-state index < -0.39 is 11.3 Å². The van der Waals surface area contributed by atoms with Crippen LogP contribution in [0.4, 0.5) is 0 Å². The van der Waals surface area contributed by atoms with E-state index in [4.69, 9.17) is 4.55 Å². The fourth-order valence-corrected chi connectivity index (χ4v) is 2.35. The fourth-order valence-electron chi connectivity index (χ4n) is 2.01. The maximum absolute atomic E-state index is 10.7. The molecule has 0 radical (unpaired) electrons. The van der Waals surface area contributed by atoms with Gasteiger partial charge in [-0.15, -0.1) is 0 Å². The monoisotopic (exact) mass is 220 g/mol. The van der Waals surface area contributed by atoms with Crippen molar-refractivity contribution in [1.82, 2.24) is 9.21 Å². The van der Waals surface area contributed by atoms with Crippen molar-refractivity contribution in [3.05, 3.63) is 0 Å². The maximum atomic E-state index is 10.7. The van der Waals surface area contributed by atoms with Crippen LogP contribution in [0, 0.1) is 5.92 Å². The molecule has 1 saturated heterocycles. The second-order valence-electron chi connectivity index (χ2n) is 3.94. The predicted molar refractivity (Wildman–Crippen MR) is 58.2 cm³/mol. The summed E-state index contributed by atoms with van der Waals surface area (Å²) in [5.74, 6) is 0.546. The molecule has 0 aromatic carbocycles. The van der Waals surface area contributed by atoms with Gasteiger partial charge < -0.3 is 4.90 Å². The van der Waals surface area contributed by atoms with Crippen molar-refractivity contribution in [1.29, 1.82) is 0 Å². The average Bonchev–Trinajstić information content (AvgIpc) is 2.18. The quantitative estimate of drug-likeness (QED) is 0.712. The third-order valence-corrected chi connectivity index (χ3v) is 3.51. The van der Waals surface area contributed by atoms with Gasteiger partial charge in [-0.05, 0) is 31.8 Å². The van der Waals surface area contributed by atoms with Crippen molar-refractivity contribution in [3.63, 3.8) is 0 Å². The summed E-state index contributed by atoms with van der Waals surface area (Å²) < 4.78 is 21.1. The Morgan fingerprint density at radius 1 is 1.64 bits per heavy atom. The van der Waals surface area contributed by atoms with Gasteiger partial charge in [0.1, 0.15) is 0 Å². The summed E-state index contributed by atoms with van der Waals surface area (Å²) in [6, 6.07) is 0. The lowest BCUT2D eigenvalue weighted by atomic mass is 9.98. The molecule has 0 spiro atoms. The zero-order valence-electron chi connectivity index (χ0n) is 8.98. The van der Waals surface area contributed by atoms with Gasteiger partial charge in [0.2, 0.25) is 11.3 Å². The van der Waals surface area contributed by atoms with Gasteiger partial charge in [0.25, 0.3) is 0 Å². The minimum Gasteiger partial charge on any atom is -0.303 e. The van der Waals surface area contributed by atoms with Gasteiger partial charge in [0.05, 0.1) is 0 Å². The van der Waals surface area contributed by atoms with E-state index in [1.54, 1.807) is 7.05 Å². The highest BCUT2D eigenvalue weighted by molar-refractivity contribution is 7.76. The minimum absolute atomic E-state index is 0.546. The lowest BCUT2D eigenvalue weighted by Crippen LogP contribution is -2.40. The second-order valence-corrected chi connectivity index (χ2v) is 5.03. The predicted octanol–water partition coefficient (Wildman–Crippen LogP) is 0.787. The number of hydrogen-bond acceptors (Lipinski definition) is 2. The highest BCUT2D eigenvalue weighted by Crippen LogP contribution is 2.17. The number of rotatable bonds is 4. The van der Waals surface area contributed by atoms with E-state index in [-0.39, 0.29) is 0 Å². The van der Waals surface area contributed by atoms with Gasteiger partial charge in [-0.3, -0.25) is 4.55 Å². The summed E-state index contributed by atoms with van der Waals surface area (Å²) in [4.78, 5) is 2.41. The van der Waals surface area contributed by atoms with E-state index in [9.17, 15) is 4.21 Å². The van der Waals surface area contributed by atoms with E-state index >= 15 is 0 Å². The molecular weight excluding hydrogens is 200 g/mol. The van der Waals surface area contributed by atoms with Crippen LogP contribution in [0.15, 0.2) is 0 Å². The van der Waals surface area contributed by atoms with Crippen LogP contribution in [-0.2, 0) is 11.3 Å². The molecule has 0 amide bonds. The first-order chi connectivity index (χ1) is 6.63. The van der Waals surface area contributed by atoms with Crippen molar-refractivity contribution in [2.24, 2.45) is 5.92 Å². The van der Waals surface area contributed by atoms with Crippen LogP contribution < -0.4 is 0 Å². The Morgan fingerprint density at radius 2 is 2.36 bits per heavy atom. The van der Waals surface area contributed by atoms with Crippen molar-refractivity contribution in [2.45, 2.75) is 19.8 Å². The first kappa shape index (κ1) is 12.1. The van der Waals surface area contributed by atoms with Crippen LogP contribution in [-0.4, -0.2) is 51.2 Å². The molecule has 4 nitrogen and oxygen atoms in total. The van der Waals surface area contributed by atoms with Gasteiger partial charge >= 0.3 is 0 Å². The van der Waals surface area contributed by atoms with Crippen LogP contribution in [0.3, 0.4) is 0 Å². The SMILES string of the molecule is CCN1CCCC(CN(C)S(=O)O)C1.